The molecule has 0 atom stereocenters. The molecular weight excluding hydrogens is 212 g/mol. The van der Waals surface area contributed by atoms with Crippen LogP contribution in [0.3, 0.4) is 0 Å². The molecule has 16 heavy (non-hydrogen) atoms. The van der Waals surface area contributed by atoms with Gasteiger partial charge in [0, 0.05) is 11.8 Å². The highest BCUT2D eigenvalue weighted by Gasteiger charge is 2.43. The van der Waals surface area contributed by atoms with Crippen molar-refractivity contribution in [2.45, 2.75) is 19.3 Å². The molecule has 1 fully saturated rings. The third-order valence-corrected chi connectivity index (χ3v) is 2.85. The smallest absolute Gasteiger partial charge is 0.190 e. The SMILES string of the molecule is N#CCC1(COc2c(F)cccc2F)CC1. The molecule has 0 bridgehead atoms. The summed E-state index contributed by atoms with van der Waals surface area (Å²) in [5, 5.41) is 8.59. The van der Waals surface area contributed by atoms with Crippen LogP contribution < -0.4 is 4.74 Å². The van der Waals surface area contributed by atoms with Gasteiger partial charge in [-0.25, -0.2) is 8.78 Å². The Balaban J connectivity index is 2.03. The second-order valence-corrected chi connectivity index (χ2v) is 4.17. The number of hydrogen-bond acceptors (Lipinski definition) is 2. The Kier molecular flexibility index (Phi) is 2.78. The van der Waals surface area contributed by atoms with Gasteiger partial charge in [-0.15, -0.1) is 0 Å². The fourth-order valence-corrected chi connectivity index (χ4v) is 1.56. The van der Waals surface area contributed by atoms with Gasteiger partial charge in [0.15, 0.2) is 17.4 Å². The zero-order chi connectivity index (χ0) is 11.6. The summed E-state index contributed by atoms with van der Waals surface area (Å²) in [6.07, 6.45) is 2.15. The van der Waals surface area contributed by atoms with E-state index in [0.29, 0.717) is 6.42 Å². The predicted molar refractivity (Wildman–Crippen MR) is 53.8 cm³/mol. The number of benzene rings is 1. The van der Waals surface area contributed by atoms with Crippen molar-refractivity contribution in [3.8, 4) is 11.8 Å². The van der Waals surface area contributed by atoms with E-state index >= 15 is 0 Å². The molecule has 0 amide bonds. The third kappa shape index (κ3) is 2.13. The molecule has 0 radical (unpaired) electrons. The Labute approximate surface area is 92.5 Å². The zero-order valence-electron chi connectivity index (χ0n) is 8.67. The standard InChI is InChI=1S/C12H11F2NO/c13-9-2-1-3-10(14)11(9)16-8-12(4-5-12)6-7-15/h1-3H,4-6,8H2. The first-order chi connectivity index (χ1) is 7.67. The van der Waals surface area contributed by atoms with Crippen molar-refractivity contribution < 1.29 is 13.5 Å². The topological polar surface area (TPSA) is 33.0 Å². The quantitative estimate of drug-likeness (QED) is 0.786. The van der Waals surface area contributed by atoms with Gasteiger partial charge in [0.25, 0.3) is 0 Å². The molecule has 1 saturated carbocycles. The van der Waals surface area contributed by atoms with E-state index in [-0.39, 0.29) is 17.8 Å². The van der Waals surface area contributed by atoms with E-state index in [1.807, 2.05) is 0 Å². The first kappa shape index (κ1) is 10.9. The van der Waals surface area contributed by atoms with Crippen LogP contribution >= 0.6 is 0 Å². The maximum absolute atomic E-state index is 13.2. The molecule has 1 aliphatic carbocycles. The van der Waals surface area contributed by atoms with Crippen LogP contribution in [0.5, 0.6) is 5.75 Å². The van der Waals surface area contributed by atoms with Gasteiger partial charge >= 0.3 is 0 Å². The lowest BCUT2D eigenvalue weighted by Crippen LogP contribution is -2.13. The van der Waals surface area contributed by atoms with Crippen molar-refractivity contribution in [3.63, 3.8) is 0 Å². The van der Waals surface area contributed by atoms with E-state index in [2.05, 4.69) is 6.07 Å². The summed E-state index contributed by atoms with van der Waals surface area (Å²) in [5.74, 6) is -1.74. The lowest BCUT2D eigenvalue weighted by molar-refractivity contribution is 0.218. The maximum Gasteiger partial charge on any atom is 0.190 e. The van der Waals surface area contributed by atoms with Crippen LogP contribution in [-0.2, 0) is 0 Å². The molecular formula is C12H11F2NO. The molecule has 1 aromatic carbocycles. The molecule has 0 aromatic heterocycles. The van der Waals surface area contributed by atoms with E-state index in [9.17, 15) is 8.78 Å². The molecule has 4 heteroatoms. The zero-order valence-corrected chi connectivity index (χ0v) is 8.67. The molecule has 2 rings (SSSR count). The van der Waals surface area contributed by atoms with Gasteiger partial charge < -0.3 is 4.74 Å². The summed E-state index contributed by atoms with van der Waals surface area (Å²) in [5.41, 5.74) is -0.177. The lowest BCUT2D eigenvalue weighted by Gasteiger charge is -2.13. The van der Waals surface area contributed by atoms with Crippen LogP contribution in [0.2, 0.25) is 0 Å². The molecule has 84 valence electrons. The monoisotopic (exact) mass is 223 g/mol. The molecule has 0 heterocycles. The molecule has 0 saturated heterocycles. The van der Waals surface area contributed by atoms with Crippen molar-refractivity contribution in [3.05, 3.63) is 29.8 Å². The number of nitrogens with zero attached hydrogens (tertiary/aromatic N) is 1. The van der Waals surface area contributed by atoms with Crippen molar-refractivity contribution in [1.82, 2.24) is 0 Å². The second-order valence-electron chi connectivity index (χ2n) is 4.17. The second kappa shape index (κ2) is 4.09. The van der Waals surface area contributed by atoms with Crippen molar-refractivity contribution in [1.29, 1.82) is 5.26 Å². The van der Waals surface area contributed by atoms with Crippen LogP contribution in [-0.4, -0.2) is 6.61 Å². The van der Waals surface area contributed by atoms with E-state index in [0.717, 1.165) is 25.0 Å². The summed E-state index contributed by atoms with van der Waals surface area (Å²) in [7, 11) is 0. The summed E-state index contributed by atoms with van der Waals surface area (Å²) in [6.45, 7) is 0.207. The van der Waals surface area contributed by atoms with Gasteiger partial charge in [0.2, 0.25) is 0 Å². The predicted octanol–water partition coefficient (Wildman–Crippen LogP) is 3.04. The largest absolute Gasteiger partial charge is 0.487 e. The molecule has 0 aliphatic heterocycles. The highest BCUT2D eigenvalue weighted by molar-refractivity contribution is 5.26. The molecule has 1 aromatic rings. The van der Waals surface area contributed by atoms with E-state index in [4.69, 9.17) is 10.00 Å². The Morgan fingerprint density at radius 3 is 2.44 bits per heavy atom. The molecule has 0 unspecified atom stereocenters. The highest BCUT2D eigenvalue weighted by atomic mass is 19.1. The number of ether oxygens (including phenoxy) is 1. The Hall–Kier alpha value is -1.63. The maximum atomic E-state index is 13.2. The van der Waals surface area contributed by atoms with E-state index in [1.165, 1.54) is 6.07 Å². The Bertz CT molecular complexity index is 415. The van der Waals surface area contributed by atoms with Crippen molar-refractivity contribution >= 4 is 0 Å². The normalized spacial score (nSPS) is 16.6. The third-order valence-electron chi connectivity index (χ3n) is 2.85. The van der Waals surface area contributed by atoms with Gasteiger partial charge in [-0.2, -0.15) is 5.26 Å². The molecule has 0 spiro atoms. The summed E-state index contributed by atoms with van der Waals surface area (Å²) in [4.78, 5) is 0. The lowest BCUT2D eigenvalue weighted by atomic mass is 10.1. The van der Waals surface area contributed by atoms with Crippen molar-refractivity contribution in [2.75, 3.05) is 6.61 Å². The number of nitriles is 1. The van der Waals surface area contributed by atoms with Crippen molar-refractivity contribution in [2.24, 2.45) is 5.41 Å². The Morgan fingerprint density at radius 1 is 1.31 bits per heavy atom. The van der Waals surface area contributed by atoms with E-state index in [1.54, 1.807) is 0 Å². The molecule has 2 nitrogen and oxygen atoms in total. The number of halogens is 2. The Morgan fingerprint density at radius 2 is 1.94 bits per heavy atom. The van der Waals surface area contributed by atoms with Gasteiger partial charge in [-0.3, -0.25) is 0 Å². The minimum Gasteiger partial charge on any atom is -0.487 e. The summed E-state index contributed by atoms with van der Waals surface area (Å²) in [6, 6.07) is 5.67. The van der Waals surface area contributed by atoms with Gasteiger partial charge in [0.1, 0.15) is 0 Å². The summed E-state index contributed by atoms with van der Waals surface area (Å²) < 4.78 is 31.6. The first-order valence-corrected chi connectivity index (χ1v) is 5.11. The fourth-order valence-electron chi connectivity index (χ4n) is 1.56. The number of rotatable bonds is 4. The number of hydrogen-bond donors (Lipinski definition) is 0. The minimum atomic E-state index is -0.701. The van der Waals surface area contributed by atoms with E-state index < -0.39 is 11.6 Å². The van der Waals surface area contributed by atoms with Crippen LogP contribution in [0.4, 0.5) is 8.78 Å². The van der Waals surface area contributed by atoms with Crippen LogP contribution in [0.25, 0.3) is 0 Å². The highest BCUT2D eigenvalue weighted by Crippen LogP contribution is 2.48. The molecule has 0 N–H and O–H groups in total. The van der Waals surface area contributed by atoms with Crippen LogP contribution in [0, 0.1) is 28.4 Å². The first-order valence-electron chi connectivity index (χ1n) is 5.11. The fraction of sp³-hybridized carbons (Fsp3) is 0.417. The number of para-hydroxylation sites is 1. The minimum absolute atomic E-state index is 0.177. The average molecular weight is 223 g/mol. The average Bonchev–Trinajstić information content (AvgIpc) is 2.98. The van der Waals surface area contributed by atoms with Gasteiger partial charge in [-0.05, 0) is 25.0 Å². The van der Waals surface area contributed by atoms with Crippen LogP contribution in [0.1, 0.15) is 19.3 Å². The van der Waals surface area contributed by atoms with Gasteiger partial charge in [-0.1, -0.05) is 6.07 Å². The molecule has 1 aliphatic rings. The van der Waals surface area contributed by atoms with Gasteiger partial charge in [0.05, 0.1) is 12.7 Å². The van der Waals surface area contributed by atoms with Crippen LogP contribution in [0.15, 0.2) is 18.2 Å². The summed E-state index contributed by atoms with van der Waals surface area (Å²) >= 11 is 0.